The molecule has 9 heteroatoms. The molecule has 0 aromatic carbocycles. The van der Waals surface area contributed by atoms with Gasteiger partial charge in [0.25, 0.3) is 0 Å². The molecule has 0 radical (unpaired) electrons. The summed E-state index contributed by atoms with van der Waals surface area (Å²) in [5.74, 6) is -0.739. The van der Waals surface area contributed by atoms with Gasteiger partial charge in [0.15, 0.2) is 0 Å². The Morgan fingerprint density at radius 2 is 2.29 bits per heavy atom. The molecule has 1 aliphatic heterocycles. The second-order valence-corrected chi connectivity index (χ2v) is 6.09. The SMILES string of the molecule is CCCCC(=O)NC(CCOS(=O)(=O)O)[C@@H]1CCNC1=O. The molecule has 1 unspecified atom stereocenters. The van der Waals surface area contributed by atoms with Gasteiger partial charge in [0.05, 0.1) is 12.5 Å². The van der Waals surface area contributed by atoms with E-state index in [2.05, 4.69) is 14.8 Å². The van der Waals surface area contributed by atoms with E-state index in [1.54, 1.807) is 0 Å². The van der Waals surface area contributed by atoms with Crippen LogP contribution >= 0.6 is 0 Å². The predicted octanol–water partition coefficient (Wildman–Crippen LogP) is 0.00700. The summed E-state index contributed by atoms with van der Waals surface area (Å²) >= 11 is 0. The van der Waals surface area contributed by atoms with E-state index in [4.69, 9.17) is 4.55 Å². The van der Waals surface area contributed by atoms with Gasteiger partial charge in [0.1, 0.15) is 0 Å². The molecule has 1 aliphatic rings. The molecule has 0 aromatic heterocycles. The fraction of sp³-hybridized carbons (Fsp3) is 0.833. The molecule has 2 amide bonds. The van der Waals surface area contributed by atoms with E-state index >= 15 is 0 Å². The minimum atomic E-state index is -4.51. The lowest BCUT2D eigenvalue weighted by molar-refractivity contribution is -0.125. The molecule has 21 heavy (non-hydrogen) atoms. The highest BCUT2D eigenvalue weighted by Gasteiger charge is 2.33. The normalized spacial score (nSPS) is 20.1. The lowest BCUT2D eigenvalue weighted by Gasteiger charge is -2.22. The average molecular weight is 322 g/mol. The molecule has 8 nitrogen and oxygen atoms in total. The van der Waals surface area contributed by atoms with Crippen molar-refractivity contribution in [1.29, 1.82) is 0 Å². The number of rotatable bonds is 9. The molecule has 2 atom stereocenters. The van der Waals surface area contributed by atoms with Crippen LogP contribution in [0.1, 0.15) is 39.0 Å². The lowest BCUT2D eigenvalue weighted by Crippen LogP contribution is -2.43. The van der Waals surface area contributed by atoms with Crippen LogP contribution in [0.15, 0.2) is 0 Å². The van der Waals surface area contributed by atoms with Gasteiger partial charge >= 0.3 is 10.4 Å². The molecule has 122 valence electrons. The average Bonchev–Trinajstić information content (AvgIpc) is 2.80. The zero-order valence-corrected chi connectivity index (χ0v) is 12.8. The summed E-state index contributed by atoms with van der Waals surface area (Å²) < 4.78 is 33.8. The summed E-state index contributed by atoms with van der Waals surface area (Å²) in [6.07, 6.45) is 2.70. The van der Waals surface area contributed by atoms with E-state index in [0.717, 1.165) is 12.8 Å². The molecule has 0 saturated carbocycles. The van der Waals surface area contributed by atoms with Crippen molar-refractivity contribution in [3.63, 3.8) is 0 Å². The van der Waals surface area contributed by atoms with Gasteiger partial charge < -0.3 is 10.6 Å². The Bertz CT molecular complexity index is 464. The van der Waals surface area contributed by atoms with E-state index in [1.165, 1.54) is 0 Å². The second kappa shape index (κ2) is 8.30. The maximum Gasteiger partial charge on any atom is 0.397 e. The van der Waals surface area contributed by atoms with Crippen molar-refractivity contribution in [2.45, 2.75) is 45.1 Å². The Morgan fingerprint density at radius 3 is 2.81 bits per heavy atom. The molecule has 1 saturated heterocycles. The minimum Gasteiger partial charge on any atom is -0.356 e. The summed E-state index contributed by atoms with van der Waals surface area (Å²) in [6.45, 7) is 2.21. The van der Waals surface area contributed by atoms with Crippen molar-refractivity contribution in [1.82, 2.24) is 10.6 Å². The maximum absolute atomic E-state index is 11.8. The van der Waals surface area contributed by atoms with Crippen molar-refractivity contribution in [2.75, 3.05) is 13.2 Å². The summed E-state index contributed by atoms with van der Waals surface area (Å²) in [7, 11) is -4.51. The fourth-order valence-corrected chi connectivity index (χ4v) is 2.57. The topological polar surface area (TPSA) is 122 Å². The number of carbonyl (C=O) groups is 2. The minimum absolute atomic E-state index is 0.135. The standard InChI is InChI=1S/C12H22N2O6S/c1-2-3-4-11(15)14-10(6-8-20-21(17,18)19)9-5-7-13-12(9)16/h9-10H,2-8H2,1H3,(H,13,16)(H,14,15)(H,17,18,19)/t9-,10?/m0/s1. The van der Waals surface area contributed by atoms with Crippen LogP contribution in [0.5, 0.6) is 0 Å². The number of carbonyl (C=O) groups excluding carboxylic acids is 2. The van der Waals surface area contributed by atoms with Crippen LogP contribution in [0.4, 0.5) is 0 Å². The lowest BCUT2D eigenvalue weighted by atomic mass is 9.95. The predicted molar refractivity (Wildman–Crippen MR) is 74.7 cm³/mol. The Morgan fingerprint density at radius 1 is 1.57 bits per heavy atom. The highest BCUT2D eigenvalue weighted by atomic mass is 32.3. The van der Waals surface area contributed by atoms with E-state index in [-0.39, 0.29) is 24.8 Å². The van der Waals surface area contributed by atoms with Crippen molar-refractivity contribution in [3.05, 3.63) is 0 Å². The summed E-state index contributed by atoms with van der Waals surface area (Å²) in [5, 5.41) is 5.43. The molecule has 1 fully saturated rings. The first-order chi connectivity index (χ1) is 9.83. The molecule has 0 aromatic rings. The zero-order valence-electron chi connectivity index (χ0n) is 12.0. The van der Waals surface area contributed by atoms with Gasteiger partial charge in [-0.2, -0.15) is 8.42 Å². The van der Waals surface area contributed by atoms with E-state index < -0.39 is 22.4 Å². The van der Waals surface area contributed by atoms with Crippen LogP contribution in [-0.2, 0) is 24.2 Å². The van der Waals surface area contributed by atoms with Crippen LogP contribution in [0.3, 0.4) is 0 Å². The van der Waals surface area contributed by atoms with Crippen LogP contribution < -0.4 is 10.6 Å². The van der Waals surface area contributed by atoms with Crippen molar-refractivity contribution in [3.8, 4) is 0 Å². The highest BCUT2D eigenvalue weighted by molar-refractivity contribution is 7.80. The van der Waals surface area contributed by atoms with Crippen molar-refractivity contribution < 1.29 is 26.7 Å². The molecule has 0 spiro atoms. The van der Waals surface area contributed by atoms with Crippen LogP contribution in [0.2, 0.25) is 0 Å². The van der Waals surface area contributed by atoms with Crippen LogP contribution in [0, 0.1) is 5.92 Å². The summed E-state index contributed by atoms with van der Waals surface area (Å²) in [5.41, 5.74) is 0. The van der Waals surface area contributed by atoms with Gasteiger partial charge in [-0.1, -0.05) is 13.3 Å². The number of nitrogens with one attached hydrogen (secondary N) is 2. The van der Waals surface area contributed by atoms with Gasteiger partial charge in [-0.3, -0.25) is 14.1 Å². The molecular formula is C12H22N2O6S. The van der Waals surface area contributed by atoms with Crippen LogP contribution in [-0.4, -0.2) is 44.0 Å². The fourth-order valence-electron chi connectivity index (χ4n) is 2.27. The third-order valence-electron chi connectivity index (χ3n) is 3.34. The molecule has 0 aliphatic carbocycles. The third kappa shape index (κ3) is 6.87. The van der Waals surface area contributed by atoms with Gasteiger partial charge in [-0.15, -0.1) is 0 Å². The second-order valence-electron chi connectivity index (χ2n) is 5.00. The monoisotopic (exact) mass is 322 g/mol. The quantitative estimate of drug-likeness (QED) is 0.514. The molecular weight excluding hydrogens is 300 g/mol. The summed E-state index contributed by atoms with van der Waals surface area (Å²) in [4.78, 5) is 23.5. The smallest absolute Gasteiger partial charge is 0.356 e. The summed E-state index contributed by atoms with van der Waals surface area (Å²) in [6, 6.07) is -0.501. The number of hydrogen-bond donors (Lipinski definition) is 3. The zero-order chi connectivity index (χ0) is 15.9. The Hall–Kier alpha value is -1.19. The third-order valence-corrected chi connectivity index (χ3v) is 3.81. The van der Waals surface area contributed by atoms with Gasteiger partial charge in [0, 0.05) is 19.0 Å². The first-order valence-corrected chi connectivity index (χ1v) is 8.39. The highest BCUT2D eigenvalue weighted by Crippen LogP contribution is 2.17. The van der Waals surface area contributed by atoms with Crippen LogP contribution in [0.25, 0.3) is 0 Å². The van der Waals surface area contributed by atoms with E-state index in [9.17, 15) is 18.0 Å². The molecule has 1 heterocycles. The number of unbranched alkanes of at least 4 members (excludes halogenated alkanes) is 1. The number of amides is 2. The van der Waals surface area contributed by atoms with E-state index in [0.29, 0.717) is 19.4 Å². The Balaban J connectivity index is 2.57. The van der Waals surface area contributed by atoms with Crippen molar-refractivity contribution in [2.24, 2.45) is 5.92 Å². The maximum atomic E-state index is 11.8. The van der Waals surface area contributed by atoms with Gasteiger partial charge in [-0.25, -0.2) is 4.18 Å². The first kappa shape index (κ1) is 17.9. The molecule has 0 bridgehead atoms. The Labute approximate surface area is 124 Å². The first-order valence-electron chi connectivity index (χ1n) is 7.02. The molecule has 1 rings (SSSR count). The largest absolute Gasteiger partial charge is 0.397 e. The van der Waals surface area contributed by atoms with Crippen molar-refractivity contribution >= 4 is 22.2 Å². The molecule has 3 N–H and O–H groups in total. The van der Waals surface area contributed by atoms with Gasteiger partial charge in [0.2, 0.25) is 11.8 Å². The number of hydrogen-bond acceptors (Lipinski definition) is 5. The Kier molecular flexibility index (Phi) is 7.06. The van der Waals surface area contributed by atoms with E-state index in [1.807, 2.05) is 6.92 Å². The van der Waals surface area contributed by atoms with Gasteiger partial charge in [-0.05, 0) is 19.3 Å².